The fraction of sp³-hybridized carbons (Fsp3) is 0.375. The molecular weight excluding hydrogens is 146 g/mol. The second kappa shape index (κ2) is 3.02. The highest BCUT2D eigenvalue weighted by Crippen LogP contribution is 2.00. The molecule has 10 heavy (non-hydrogen) atoms. The molecule has 0 aliphatic rings. The Kier molecular flexibility index (Phi) is 2.28. The number of hydrogen-bond acceptors (Lipinski definition) is 0. The molecule has 1 unspecified atom stereocenters. The topological polar surface area (TPSA) is 3.88 Å². The van der Waals surface area contributed by atoms with E-state index in [1.165, 1.54) is 5.56 Å². The van der Waals surface area contributed by atoms with Gasteiger partial charge in [0.05, 0.1) is 0 Å². The van der Waals surface area contributed by atoms with Gasteiger partial charge in [0.1, 0.15) is 0 Å². The molecule has 1 aromatic rings. The minimum atomic E-state index is 0.0416. The summed E-state index contributed by atoms with van der Waals surface area (Å²) in [5, 5.41) is 0. The lowest BCUT2D eigenvalue weighted by molar-refractivity contribution is -0.699. The summed E-state index contributed by atoms with van der Waals surface area (Å²) in [6, 6.07) is 4.05. The summed E-state index contributed by atoms with van der Waals surface area (Å²) in [6.07, 6.45) is 3.99. The Morgan fingerprint density at radius 3 is 2.70 bits per heavy atom. The van der Waals surface area contributed by atoms with Crippen molar-refractivity contribution < 1.29 is 4.57 Å². The van der Waals surface area contributed by atoms with Gasteiger partial charge in [0.2, 0.25) is 5.50 Å². The molecule has 54 valence electrons. The van der Waals surface area contributed by atoms with Crippen molar-refractivity contribution in [3.63, 3.8) is 0 Å². The van der Waals surface area contributed by atoms with Gasteiger partial charge >= 0.3 is 0 Å². The molecule has 1 atom stereocenters. The highest BCUT2D eigenvalue weighted by atomic mass is 35.5. The Hall–Kier alpha value is -0.560. The summed E-state index contributed by atoms with van der Waals surface area (Å²) in [7, 11) is 0. The van der Waals surface area contributed by atoms with Gasteiger partial charge in [-0.15, -0.1) is 0 Å². The van der Waals surface area contributed by atoms with E-state index in [9.17, 15) is 0 Å². The van der Waals surface area contributed by atoms with Gasteiger partial charge in [-0.2, -0.15) is 4.57 Å². The van der Waals surface area contributed by atoms with Crippen LogP contribution in [0.4, 0.5) is 0 Å². The molecule has 0 saturated carbocycles. The van der Waals surface area contributed by atoms with Gasteiger partial charge < -0.3 is 0 Å². The van der Waals surface area contributed by atoms with Gasteiger partial charge in [-0.3, -0.25) is 0 Å². The van der Waals surface area contributed by atoms with Crippen LogP contribution < -0.4 is 4.57 Å². The molecule has 0 aliphatic heterocycles. The number of rotatable bonds is 1. The molecule has 0 amide bonds. The lowest BCUT2D eigenvalue weighted by Crippen LogP contribution is -2.33. The van der Waals surface area contributed by atoms with E-state index in [-0.39, 0.29) is 5.50 Å². The molecule has 0 fully saturated rings. The highest BCUT2D eigenvalue weighted by Gasteiger charge is 2.05. The van der Waals surface area contributed by atoms with E-state index in [1.54, 1.807) is 0 Å². The van der Waals surface area contributed by atoms with Crippen LogP contribution >= 0.6 is 11.6 Å². The molecule has 0 aliphatic carbocycles. The van der Waals surface area contributed by atoms with E-state index in [1.807, 2.05) is 30.0 Å². The van der Waals surface area contributed by atoms with E-state index in [2.05, 4.69) is 13.0 Å². The summed E-state index contributed by atoms with van der Waals surface area (Å²) in [4.78, 5) is 0. The van der Waals surface area contributed by atoms with Crippen LogP contribution in [0.1, 0.15) is 18.0 Å². The smallest absolute Gasteiger partial charge is 0.188 e. The number of alkyl halides is 1. The van der Waals surface area contributed by atoms with Crippen LogP contribution in [0.3, 0.4) is 0 Å². The van der Waals surface area contributed by atoms with Crippen LogP contribution in [-0.2, 0) is 0 Å². The minimum absolute atomic E-state index is 0.0416. The van der Waals surface area contributed by atoms with E-state index in [0.717, 1.165) is 0 Å². The summed E-state index contributed by atoms with van der Waals surface area (Å²) in [6.45, 7) is 4.00. The Bertz CT molecular complexity index is 220. The third-order valence-corrected chi connectivity index (χ3v) is 1.61. The predicted octanol–water partition coefficient (Wildman–Crippen LogP) is 2.04. The zero-order valence-corrected chi connectivity index (χ0v) is 6.97. The van der Waals surface area contributed by atoms with Crippen LogP contribution in [0.25, 0.3) is 0 Å². The summed E-state index contributed by atoms with van der Waals surface area (Å²) >= 11 is 5.84. The van der Waals surface area contributed by atoms with Crippen molar-refractivity contribution in [3.8, 4) is 0 Å². The minimum Gasteiger partial charge on any atom is -0.188 e. The first-order valence-corrected chi connectivity index (χ1v) is 3.75. The maximum Gasteiger partial charge on any atom is 0.229 e. The maximum absolute atomic E-state index is 5.84. The number of nitrogens with zero attached hydrogens (tertiary/aromatic N) is 1. The van der Waals surface area contributed by atoms with Crippen LogP contribution in [0.15, 0.2) is 24.5 Å². The van der Waals surface area contributed by atoms with Gasteiger partial charge in [-0.25, -0.2) is 0 Å². The first-order chi connectivity index (χ1) is 4.70. The zero-order chi connectivity index (χ0) is 7.56. The Morgan fingerprint density at radius 2 is 2.30 bits per heavy atom. The number of aromatic nitrogens is 1. The normalized spacial score (nSPS) is 13.1. The van der Waals surface area contributed by atoms with Crippen molar-refractivity contribution in [1.29, 1.82) is 0 Å². The van der Waals surface area contributed by atoms with E-state index >= 15 is 0 Å². The molecule has 0 aromatic carbocycles. The average molecular weight is 157 g/mol. The predicted molar refractivity (Wildman–Crippen MR) is 41.9 cm³/mol. The van der Waals surface area contributed by atoms with Crippen molar-refractivity contribution in [3.05, 3.63) is 30.1 Å². The SMILES string of the molecule is Cc1ccc[n+](C(C)Cl)c1. The van der Waals surface area contributed by atoms with Crippen molar-refractivity contribution in [1.82, 2.24) is 0 Å². The fourth-order valence-electron chi connectivity index (χ4n) is 0.837. The first kappa shape index (κ1) is 7.55. The van der Waals surface area contributed by atoms with Crippen LogP contribution in [0.5, 0.6) is 0 Å². The third kappa shape index (κ3) is 1.71. The second-order valence-corrected chi connectivity index (χ2v) is 3.03. The molecule has 1 rings (SSSR count). The van der Waals surface area contributed by atoms with Crippen molar-refractivity contribution in [2.24, 2.45) is 0 Å². The van der Waals surface area contributed by atoms with E-state index in [4.69, 9.17) is 11.6 Å². The van der Waals surface area contributed by atoms with Crippen LogP contribution in [-0.4, -0.2) is 0 Å². The van der Waals surface area contributed by atoms with Crippen LogP contribution in [0.2, 0.25) is 0 Å². The molecule has 1 aromatic heterocycles. The monoisotopic (exact) mass is 156 g/mol. The van der Waals surface area contributed by atoms with Gasteiger partial charge in [0.25, 0.3) is 0 Å². The second-order valence-electron chi connectivity index (χ2n) is 2.40. The maximum atomic E-state index is 5.84. The molecular formula is C8H11ClN+. The quantitative estimate of drug-likeness (QED) is 0.433. The Labute approximate surface area is 66.3 Å². The fourth-order valence-corrected chi connectivity index (χ4v) is 0.958. The Balaban J connectivity index is 2.96. The lowest BCUT2D eigenvalue weighted by atomic mass is 10.3. The standard InChI is InChI=1S/C8H11ClN/c1-7-4-3-5-10(6-7)8(2)9/h3-6,8H,1-2H3/q+1. The van der Waals surface area contributed by atoms with Crippen LogP contribution in [0, 0.1) is 6.92 Å². The average Bonchev–Trinajstić information content (AvgIpc) is 1.88. The van der Waals surface area contributed by atoms with E-state index < -0.39 is 0 Å². The van der Waals surface area contributed by atoms with Crippen molar-refractivity contribution in [2.45, 2.75) is 19.3 Å². The van der Waals surface area contributed by atoms with E-state index in [0.29, 0.717) is 0 Å². The van der Waals surface area contributed by atoms with Gasteiger partial charge in [-0.05, 0) is 24.6 Å². The highest BCUT2D eigenvalue weighted by molar-refractivity contribution is 6.17. The number of pyridine rings is 1. The van der Waals surface area contributed by atoms with Crippen molar-refractivity contribution >= 4 is 11.6 Å². The van der Waals surface area contributed by atoms with Gasteiger partial charge in [0, 0.05) is 18.6 Å². The first-order valence-electron chi connectivity index (χ1n) is 3.31. The van der Waals surface area contributed by atoms with Gasteiger partial charge in [0.15, 0.2) is 12.4 Å². The lowest BCUT2D eigenvalue weighted by Gasteiger charge is -1.96. The molecule has 0 radical (unpaired) electrons. The molecule has 2 heteroatoms. The molecule has 1 heterocycles. The summed E-state index contributed by atoms with van der Waals surface area (Å²) < 4.78 is 1.97. The Morgan fingerprint density at radius 1 is 1.60 bits per heavy atom. The summed E-state index contributed by atoms with van der Waals surface area (Å²) in [5.41, 5.74) is 1.27. The van der Waals surface area contributed by atoms with Crippen molar-refractivity contribution in [2.75, 3.05) is 0 Å². The zero-order valence-electron chi connectivity index (χ0n) is 6.21. The number of halogens is 1. The summed E-state index contributed by atoms with van der Waals surface area (Å²) in [5.74, 6) is 0. The molecule has 0 bridgehead atoms. The molecule has 1 nitrogen and oxygen atoms in total. The molecule has 0 saturated heterocycles. The molecule has 0 N–H and O–H groups in total. The largest absolute Gasteiger partial charge is 0.229 e. The number of hydrogen-bond donors (Lipinski definition) is 0. The number of aryl methyl sites for hydroxylation is 1. The van der Waals surface area contributed by atoms with Gasteiger partial charge in [-0.1, -0.05) is 0 Å². The molecule has 0 spiro atoms. The third-order valence-electron chi connectivity index (χ3n) is 1.38.